The minimum atomic E-state index is -0.765. The lowest BCUT2D eigenvalue weighted by atomic mass is 10.2. The van der Waals surface area contributed by atoms with Crippen molar-refractivity contribution in [2.24, 2.45) is 0 Å². The maximum absolute atomic E-state index is 12.1. The van der Waals surface area contributed by atoms with Crippen molar-refractivity contribution >= 4 is 28.9 Å². The Hall–Kier alpha value is -1.85. The number of aryl methyl sites for hydroxylation is 1. The fourth-order valence-corrected chi connectivity index (χ4v) is 2.42. The number of aromatic nitrogens is 1. The molecule has 104 valence electrons. The Morgan fingerprint density at radius 1 is 1.30 bits per heavy atom. The molecule has 0 radical (unpaired) electrons. The second kappa shape index (κ2) is 5.64. The van der Waals surface area contributed by atoms with Crippen LogP contribution in [-0.2, 0) is 6.54 Å². The van der Waals surface area contributed by atoms with Crippen molar-refractivity contribution in [2.45, 2.75) is 13.5 Å². The molecule has 0 amide bonds. The van der Waals surface area contributed by atoms with Gasteiger partial charge in [0.2, 0.25) is 0 Å². The smallest absolute Gasteiger partial charge is 0.303 e. The average Bonchev–Trinajstić information content (AvgIpc) is 2.33. The van der Waals surface area contributed by atoms with Crippen molar-refractivity contribution in [2.75, 3.05) is 0 Å². The van der Waals surface area contributed by atoms with Gasteiger partial charge >= 0.3 is 11.2 Å². The fourth-order valence-electron chi connectivity index (χ4n) is 1.90. The summed E-state index contributed by atoms with van der Waals surface area (Å²) in [6.07, 6.45) is 0. The number of benzene rings is 1. The maximum Gasteiger partial charge on any atom is 0.352 e. The molecule has 20 heavy (non-hydrogen) atoms. The lowest BCUT2D eigenvalue weighted by molar-refractivity contribution is -0.386. The van der Waals surface area contributed by atoms with Crippen LogP contribution >= 0.6 is 23.2 Å². The molecule has 0 N–H and O–H groups in total. The molecule has 0 unspecified atom stereocenters. The summed E-state index contributed by atoms with van der Waals surface area (Å²) in [4.78, 5) is 22.3. The number of nitro groups is 1. The van der Waals surface area contributed by atoms with Gasteiger partial charge in [0.05, 0.1) is 11.5 Å². The highest BCUT2D eigenvalue weighted by atomic mass is 35.5. The number of rotatable bonds is 3. The summed E-state index contributed by atoms with van der Waals surface area (Å²) in [5.74, 6) is 0. The summed E-state index contributed by atoms with van der Waals surface area (Å²) >= 11 is 11.6. The first-order chi connectivity index (χ1) is 9.40. The van der Waals surface area contributed by atoms with E-state index in [9.17, 15) is 14.9 Å². The zero-order chi connectivity index (χ0) is 14.9. The molecule has 1 heterocycles. The van der Waals surface area contributed by atoms with Gasteiger partial charge in [-0.3, -0.25) is 14.9 Å². The molecule has 0 aliphatic heterocycles. The molecule has 0 bridgehead atoms. The van der Waals surface area contributed by atoms with Gasteiger partial charge in [0, 0.05) is 10.7 Å². The topological polar surface area (TPSA) is 65.1 Å². The largest absolute Gasteiger partial charge is 0.352 e. The molecule has 0 aliphatic rings. The van der Waals surface area contributed by atoms with Gasteiger partial charge in [-0.15, -0.1) is 0 Å². The quantitative estimate of drug-likeness (QED) is 0.644. The fraction of sp³-hybridized carbons (Fsp3) is 0.154. The Kier molecular flexibility index (Phi) is 4.11. The molecule has 2 aromatic rings. The van der Waals surface area contributed by atoms with Crippen molar-refractivity contribution < 1.29 is 4.92 Å². The minimum absolute atomic E-state index is 0.153. The van der Waals surface area contributed by atoms with Crippen LogP contribution in [0.4, 0.5) is 5.69 Å². The van der Waals surface area contributed by atoms with E-state index >= 15 is 0 Å². The lowest BCUT2D eigenvalue weighted by Gasteiger charge is -2.10. The van der Waals surface area contributed by atoms with E-state index in [-0.39, 0.29) is 11.6 Å². The first kappa shape index (κ1) is 14.6. The molecule has 0 saturated carbocycles. The number of nitrogens with zero attached hydrogens (tertiary/aromatic N) is 2. The van der Waals surface area contributed by atoms with Crippen LogP contribution < -0.4 is 5.56 Å². The normalized spacial score (nSPS) is 10.6. The Morgan fingerprint density at radius 2 is 2.00 bits per heavy atom. The minimum Gasteiger partial charge on any atom is -0.303 e. The zero-order valence-corrected chi connectivity index (χ0v) is 12.0. The van der Waals surface area contributed by atoms with Gasteiger partial charge in [-0.05, 0) is 30.7 Å². The van der Waals surface area contributed by atoms with E-state index in [0.717, 1.165) is 5.56 Å². The molecule has 7 heteroatoms. The highest BCUT2D eigenvalue weighted by molar-refractivity contribution is 6.32. The van der Waals surface area contributed by atoms with Gasteiger partial charge in [0.1, 0.15) is 5.02 Å². The van der Waals surface area contributed by atoms with Crippen LogP contribution in [0.3, 0.4) is 0 Å². The van der Waals surface area contributed by atoms with Crippen LogP contribution in [0.1, 0.15) is 11.3 Å². The van der Waals surface area contributed by atoms with Crippen molar-refractivity contribution in [1.82, 2.24) is 4.57 Å². The lowest BCUT2D eigenvalue weighted by Crippen LogP contribution is -2.25. The molecule has 0 atom stereocenters. The first-order valence-corrected chi connectivity index (χ1v) is 6.44. The van der Waals surface area contributed by atoms with Gasteiger partial charge in [0.25, 0.3) is 0 Å². The summed E-state index contributed by atoms with van der Waals surface area (Å²) in [6.45, 7) is 1.87. The molecule has 2 rings (SSSR count). The van der Waals surface area contributed by atoms with Gasteiger partial charge in [-0.1, -0.05) is 35.3 Å². The molecular formula is C13H10Cl2N2O3. The standard InChI is InChI=1S/C13H10Cl2N2O3/c1-8-5-11(15)12(17(19)20)13(18)16(8)7-9-3-2-4-10(14)6-9/h2-6H,7H2,1H3. The van der Waals surface area contributed by atoms with Crippen LogP contribution in [0.25, 0.3) is 0 Å². The summed E-state index contributed by atoms with van der Waals surface area (Å²) in [6, 6.07) is 8.37. The van der Waals surface area contributed by atoms with Crippen molar-refractivity contribution in [3.05, 3.63) is 72.1 Å². The Bertz CT molecular complexity index is 741. The van der Waals surface area contributed by atoms with E-state index in [4.69, 9.17) is 23.2 Å². The number of halogens is 2. The zero-order valence-electron chi connectivity index (χ0n) is 10.5. The van der Waals surface area contributed by atoms with Crippen LogP contribution in [0, 0.1) is 17.0 Å². The Morgan fingerprint density at radius 3 is 2.60 bits per heavy atom. The van der Waals surface area contributed by atoms with Gasteiger partial charge in [-0.25, -0.2) is 0 Å². The first-order valence-electron chi connectivity index (χ1n) is 5.69. The van der Waals surface area contributed by atoms with E-state index in [1.807, 2.05) is 0 Å². The van der Waals surface area contributed by atoms with Crippen molar-refractivity contribution in [3.8, 4) is 0 Å². The molecule has 5 nitrogen and oxygen atoms in total. The van der Waals surface area contributed by atoms with E-state index in [1.54, 1.807) is 31.2 Å². The summed E-state index contributed by atoms with van der Waals surface area (Å²) in [7, 11) is 0. The summed E-state index contributed by atoms with van der Waals surface area (Å²) < 4.78 is 1.30. The number of hydrogen-bond donors (Lipinski definition) is 0. The third kappa shape index (κ3) is 2.84. The third-order valence-electron chi connectivity index (χ3n) is 2.85. The Labute approximate surface area is 124 Å². The third-order valence-corrected chi connectivity index (χ3v) is 3.37. The highest BCUT2D eigenvalue weighted by Crippen LogP contribution is 2.21. The molecule has 0 spiro atoms. The SMILES string of the molecule is Cc1cc(Cl)c([N+](=O)[O-])c(=O)n1Cc1cccc(Cl)c1. The van der Waals surface area contributed by atoms with Gasteiger partial charge in [-0.2, -0.15) is 0 Å². The van der Waals surface area contributed by atoms with Gasteiger partial charge < -0.3 is 4.57 Å². The second-order valence-corrected chi connectivity index (χ2v) is 5.10. The predicted octanol–water partition coefficient (Wildman–Crippen LogP) is 3.42. The maximum atomic E-state index is 12.1. The predicted molar refractivity (Wildman–Crippen MR) is 77.7 cm³/mol. The number of pyridine rings is 1. The van der Waals surface area contributed by atoms with E-state index in [1.165, 1.54) is 10.6 Å². The summed E-state index contributed by atoms with van der Waals surface area (Å²) in [5.41, 5.74) is -0.0100. The molecule has 0 fully saturated rings. The highest BCUT2D eigenvalue weighted by Gasteiger charge is 2.21. The second-order valence-electron chi connectivity index (χ2n) is 4.26. The van der Waals surface area contributed by atoms with Gasteiger partial charge in [0.15, 0.2) is 0 Å². The monoisotopic (exact) mass is 312 g/mol. The van der Waals surface area contributed by atoms with E-state index in [2.05, 4.69) is 0 Å². The van der Waals surface area contributed by atoms with Crippen LogP contribution in [-0.4, -0.2) is 9.49 Å². The van der Waals surface area contributed by atoms with E-state index < -0.39 is 16.2 Å². The molecule has 0 saturated heterocycles. The van der Waals surface area contributed by atoms with Crippen molar-refractivity contribution in [3.63, 3.8) is 0 Å². The summed E-state index contributed by atoms with van der Waals surface area (Å²) in [5, 5.41) is 11.3. The van der Waals surface area contributed by atoms with Crippen LogP contribution in [0.2, 0.25) is 10.0 Å². The average molecular weight is 313 g/mol. The van der Waals surface area contributed by atoms with Crippen molar-refractivity contribution in [1.29, 1.82) is 0 Å². The number of hydrogen-bond acceptors (Lipinski definition) is 3. The van der Waals surface area contributed by atoms with Crippen LogP contribution in [0.5, 0.6) is 0 Å². The molecule has 0 aliphatic carbocycles. The molecule has 1 aromatic heterocycles. The van der Waals surface area contributed by atoms with Crippen LogP contribution in [0.15, 0.2) is 35.1 Å². The molecule has 1 aromatic carbocycles. The molecular weight excluding hydrogens is 303 g/mol. The van der Waals surface area contributed by atoms with E-state index in [0.29, 0.717) is 10.7 Å². The Balaban J connectivity index is 2.55.